The van der Waals surface area contributed by atoms with Crippen LogP contribution in [0.15, 0.2) is 36.4 Å². The number of benzene rings is 2. The lowest BCUT2D eigenvalue weighted by Crippen LogP contribution is -2.45. The highest BCUT2D eigenvalue weighted by Gasteiger charge is 2.30. The number of ether oxygens (including phenoxy) is 2. The molecule has 7 nitrogen and oxygen atoms in total. The summed E-state index contributed by atoms with van der Waals surface area (Å²) in [5.41, 5.74) is 2.99. The Bertz CT molecular complexity index is 1020. The molecule has 29 heavy (non-hydrogen) atoms. The van der Waals surface area contributed by atoms with Crippen LogP contribution in [0.2, 0.25) is 0 Å². The van der Waals surface area contributed by atoms with E-state index in [2.05, 4.69) is 5.32 Å². The lowest BCUT2D eigenvalue weighted by molar-refractivity contribution is -0.116. The van der Waals surface area contributed by atoms with Crippen LogP contribution in [0.25, 0.3) is 0 Å². The first-order valence-corrected chi connectivity index (χ1v) is 11.4. The summed E-state index contributed by atoms with van der Waals surface area (Å²) in [6.07, 6.45) is 1.84. The molecule has 2 aromatic rings. The number of aryl methyl sites for hydroxylation is 2. The molecule has 0 aromatic heterocycles. The van der Waals surface area contributed by atoms with Gasteiger partial charge >= 0.3 is 0 Å². The van der Waals surface area contributed by atoms with Gasteiger partial charge < -0.3 is 14.8 Å². The number of para-hydroxylation sites is 1. The summed E-state index contributed by atoms with van der Waals surface area (Å²) in [7, 11) is -3.73. The summed E-state index contributed by atoms with van der Waals surface area (Å²) in [6.45, 7) is 6.31. The van der Waals surface area contributed by atoms with E-state index >= 15 is 0 Å². The van der Waals surface area contributed by atoms with E-state index in [-0.39, 0.29) is 0 Å². The van der Waals surface area contributed by atoms with Crippen molar-refractivity contribution in [2.24, 2.45) is 0 Å². The standard InChI is InChI=1S/C21H26N2O5S/c1-5-16-8-6-7-14(2)20(16)22-21(24)15(3)23(29(4,25)26)17-9-10-18-19(13-17)28-12-11-27-18/h6-10,13,15H,5,11-12H2,1-4H3,(H,22,24)/t15-/m0/s1. The Morgan fingerprint density at radius 1 is 1.17 bits per heavy atom. The third kappa shape index (κ3) is 4.48. The molecular formula is C21H26N2O5S. The van der Waals surface area contributed by atoms with Crippen molar-refractivity contribution in [3.05, 3.63) is 47.5 Å². The quantitative estimate of drug-likeness (QED) is 0.779. The fourth-order valence-electron chi connectivity index (χ4n) is 3.41. The summed E-state index contributed by atoms with van der Waals surface area (Å²) < 4.78 is 37.3. The van der Waals surface area contributed by atoms with Crippen LogP contribution in [0, 0.1) is 6.92 Å². The van der Waals surface area contributed by atoms with Crippen LogP contribution < -0.4 is 19.1 Å². The second-order valence-electron chi connectivity index (χ2n) is 7.01. The molecule has 8 heteroatoms. The van der Waals surface area contributed by atoms with Crippen molar-refractivity contribution < 1.29 is 22.7 Å². The molecule has 1 atom stereocenters. The predicted octanol–water partition coefficient (Wildman–Crippen LogP) is 3.12. The van der Waals surface area contributed by atoms with Crippen LogP contribution >= 0.6 is 0 Å². The Hall–Kier alpha value is -2.74. The van der Waals surface area contributed by atoms with Crippen LogP contribution in [-0.2, 0) is 21.2 Å². The molecule has 0 bridgehead atoms. The van der Waals surface area contributed by atoms with E-state index < -0.39 is 22.0 Å². The van der Waals surface area contributed by atoms with Crippen molar-refractivity contribution in [2.45, 2.75) is 33.2 Å². The monoisotopic (exact) mass is 418 g/mol. The van der Waals surface area contributed by atoms with E-state index in [1.165, 1.54) is 0 Å². The van der Waals surface area contributed by atoms with Crippen LogP contribution in [0.5, 0.6) is 11.5 Å². The third-order valence-electron chi connectivity index (χ3n) is 4.86. The van der Waals surface area contributed by atoms with Crippen LogP contribution in [0.1, 0.15) is 25.0 Å². The molecule has 0 fully saturated rings. The van der Waals surface area contributed by atoms with Crippen molar-refractivity contribution in [3.63, 3.8) is 0 Å². The molecule has 1 N–H and O–H groups in total. The first-order chi connectivity index (χ1) is 13.7. The van der Waals surface area contributed by atoms with Gasteiger partial charge in [-0.05, 0) is 43.5 Å². The van der Waals surface area contributed by atoms with Gasteiger partial charge in [0.2, 0.25) is 15.9 Å². The molecule has 2 aromatic carbocycles. The number of nitrogens with one attached hydrogen (secondary N) is 1. The fraction of sp³-hybridized carbons (Fsp3) is 0.381. The van der Waals surface area contributed by atoms with E-state index in [4.69, 9.17) is 9.47 Å². The Labute approximate surface area is 171 Å². The number of carbonyl (C=O) groups is 1. The maximum Gasteiger partial charge on any atom is 0.248 e. The van der Waals surface area contributed by atoms with Gasteiger partial charge in [-0.2, -0.15) is 0 Å². The molecule has 0 radical (unpaired) electrons. The Morgan fingerprint density at radius 3 is 2.52 bits per heavy atom. The average molecular weight is 419 g/mol. The number of fused-ring (bicyclic) bond motifs is 1. The molecular weight excluding hydrogens is 392 g/mol. The lowest BCUT2D eigenvalue weighted by Gasteiger charge is -2.29. The third-order valence-corrected chi connectivity index (χ3v) is 6.10. The number of anilines is 2. The summed E-state index contributed by atoms with van der Waals surface area (Å²) in [4.78, 5) is 13.0. The van der Waals surface area contributed by atoms with E-state index in [1.807, 2.05) is 32.0 Å². The first-order valence-electron chi connectivity index (χ1n) is 9.50. The number of amides is 1. The number of nitrogens with zero attached hydrogens (tertiary/aromatic N) is 1. The van der Waals surface area contributed by atoms with E-state index in [1.54, 1.807) is 25.1 Å². The second kappa shape index (κ2) is 8.32. The summed E-state index contributed by atoms with van der Waals surface area (Å²) >= 11 is 0. The van der Waals surface area contributed by atoms with Crippen molar-refractivity contribution >= 4 is 27.3 Å². The smallest absolute Gasteiger partial charge is 0.248 e. The lowest BCUT2D eigenvalue weighted by atomic mass is 10.1. The van der Waals surface area contributed by atoms with Gasteiger partial charge in [-0.3, -0.25) is 9.10 Å². The summed E-state index contributed by atoms with van der Waals surface area (Å²) in [5.74, 6) is 0.606. The normalized spacial score (nSPS) is 14.2. The van der Waals surface area contributed by atoms with E-state index in [9.17, 15) is 13.2 Å². The van der Waals surface area contributed by atoms with Gasteiger partial charge in [0.15, 0.2) is 11.5 Å². The van der Waals surface area contributed by atoms with Gasteiger partial charge in [0.1, 0.15) is 19.3 Å². The Morgan fingerprint density at radius 2 is 1.86 bits per heavy atom. The van der Waals surface area contributed by atoms with Crippen molar-refractivity contribution in [1.29, 1.82) is 0 Å². The number of sulfonamides is 1. The molecule has 1 aliphatic heterocycles. The topological polar surface area (TPSA) is 84.9 Å². The zero-order valence-electron chi connectivity index (χ0n) is 17.1. The number of hydrogen-bond donors (Lipinski definition) is 1. The molecule has 1 amide bonds. The molecule has 156 valence electrons. The van der Waals surface area contributed by atoms with Crippen LogP contribution in [-0.4, -0.2) is 39.8 Å². The number of carbonyl (C=O) groups excluding carboxylic acids is 1. The van der Waals surface area contributed by atoms with Gasteiger partial charge in [0.25, 0.3) is 0 Å². The first kappa shape index (κ1) is 21.0. The summed E-state index contributed by atoms with van der Waals surface area (Å²) in [6, 6.07) is 9.69. The van der Waals surface area contributed by atoms with Crippen molar-refractivity contribution in [3.8, 4) is 11.5 Å². The van der Waals surface area contributed by atoms with Crippen LogP contribution in [0.4, 0.5) is 11.4 Å². The van der Waals surface area contributed by atoms with Gasteiger partial charge in [0.05, 0.1) is 11.9 Å². The van der Waals surface area contributed by atoms with Gasteiger partial charge in [-0.1, -0.05) is 25.1 Å². The SMILES string of the molecule is CCc1cccc(C)c1NC(=O)[C@H](C)N(c1ccc2c(c1)OCCO2)S(C)(=O)=O. The van der Waals surface area contributed by atoms with Gasteiger partial charge in [0, 0.05) is 11.8 Å². The maximum atomic E-state index is 13.0. The Balaban J connectivity index is 1.93. The molecule has 0 spiro atoms. The van der Waals surface area contributed by atoms with Crippen molar-refractivity contribution in [2.75, 3.05) is 29.1 Å². The van der Waals surface area contributed by atoms with Crippen molar-refractivity contribution in [1.82, 2.24) is 0 Å². The highest BCUT2D eigenvalue weighted by atomic mass is 32.2. The minimum Gasteiger partial charge on any atom is -0.486 e. The zero-order chi connectivity index (χ0) is 21.2. The maximum absolute atomic E-state index is 13.0. The zero-order valence-corrected chi connectivity index (χ0v) is 17.9. The average Bonchev–Trinajstić information content (AvgIpc) is 2.68. The molecule has 3 rings (SSSR count). The molecule has 0 aliphatic carbocycles. The number of hydrogen-bond acceptors (Lipinski definition) is 5. The molecule has 0 unspecified atom stereocenters. The van der Waals surface area contributed by atoms with Gasteiger partial charge in [-0.15, -0.1) is 0 Å². The van der Waals surface area contributed by atoms with Crippen LogP contribution in [0.3, 0.4) is 0 Å². The highest BCUT2D eigenvalue weighted by molar-refractivity contribution is 7.92. The predicted molar refractivity (Wildman–Crippen MR) is 113 cm³/mol. The minimum atomic E-state index is -3.73. The van der Waals surface area contributed by atoms with Gasteiger partial charge in [-0.25, -0.2) is 8.42 Å². The minimum absolute atomic E-state index is 0.347. The molecule has 0 saturated heterocycles. The van der Waals surface area contributed by atoms with E-state index in [0.29, 0.717) is 30.4 Å². The fourth-order valence-corrected chi connectivity index (χ4v) is 4.57. The highest BCUT2D eigenvalue weighted by Crippen LogP contribution is 2.35. The molecule has 1 aliphatic rings. The largest absolute Gasteiger partial charge is 0.486 e. The molecule has 1 heterocycles. The second-order valence-corrected chi connectivity index (χ2v) is 8.87. The Kier molecular flexibility index (Phi) is 6.02. The van der Waals surface area contributed by atoms with E-state index in [0.717, 1.165) is 33.8 Å². The summed E-state index contributed by atoms with van der Waals surface area (Å²) in [5, 5.41) is 2.91. The molecule has 0 saturated carbocycles. The number of rotatable bonds is 6.